The van der Waals surface area contributed by atoms with Gasteiger partial charge in [-0.15, -0.1) is 0 Å². The predicted octanol–water partition coefficient (Wildman–Crippen LogP) is 3.59. The summed E-state index contributed by atoms with van der Waals surface area (Å²) in [5, 5.41) is 5.99. The largest absolute Gasteiger partial charge is 0.364 e. The van der Waals surface area contributed by atoms with Gasteiger partial charge in [-0.25, -0.2) is 0 Å². The van der Waals surface area contributed by atoms with Gasteiger partial charge >= 0.3 is 0 Å². The van der Waals surface area contributed by atoms with Crippen molar-refractivity contribution in [1.82, 2.24) is 5.32 Å². The van der Waals surface area contributed by atoms with E-state index in [9.17, 15) is 9.59 Å². The molecule has 0 spiro atoms. The number of carbonyl (C=O) groups is 2. The fraction of sp³-hybridized carbons (Fsp3) is 0.333. The van der Waals surface area contributed by atoms with Crippen molar-refractivity contribution in [1.29, 1.82) is 0 Å². The van der Waals surface area contributed by atoms with Crippen molar-refractivity contribution in [3.05, 3.63) is 59.7 Å². The molecule has 26 heavy (non-hydrogen) atoms. The minimum absolute atomic E-state index is 0.0746. The molecule has 2 N–H and O–H groups in total. The van der Waals surface area contributed by atoms with Crippen LogP contribution in [0.2, 0.25) is 0 Å². The van der Waals surface area contributed by atoms with Gasteiger partial charge in [0.1, 0.15) is 0 Å². The Balaban J connectivity index is 1.87. The van der Waals surface area contributed by atoms with Crippen LogP contribution in [-0.4, -0.2) is 25.4 Å². The molecule has 2 amide bonds. The Morgan fingerprint density at radius 3 is 2.50 bits per heavy atom. The van der Waals surface area contributed by atoms with Crippen LogP contribution < -0.4 is 15.5 Å². The molecule has 0 fully saturated rings. The van der Waals surface area contributed by atoms with E-state index in [-0.39, 0.29) is 23.3 Å². The zero-order valence-corrected chi connectivity index (χ0v) is 15.7. The summed E-state index contributed by atoms with van der Waals surface area (Å²) < 4.78 is 0. The highest BCUT2D eigenvalue weighted by Crippen LogP contribution is 2.34. The maximum atomic E-state index is 12.9. The first-order valence-electron chi connectivity index (χ1n) is 8.76. The summed E-state index contributed by atoms with van der Waals surface area (Å²) in [6.45, 7) is 6.63. The van der Waals surface area contributed by atoms with Gasteiger partial charge in [-0.05, 0) is 29.2 Å². The highest BCUT2D eigenvalue weighted by atomic mass is 16.2. The van der Waals surface area contributed by atoms with Crippen molar-refractivity contribution in [2.45, 2.75) is 26.8 Å². The second-order valence-corrected chi connectivity index (χ2v) is 7.82. The van der Waals surface area contributed by atoms with Gasteiger partial charge in [0, 0.05) is 12.6 Å². The molecule has 1 aliphatic rings. The highest BCUT2D eigenvalue weighted by molar-refractivity contribution is 6.04. The third-order valence-corrected chi connectivity index (χ3v) is 4.60. The van der Waals surface area contributed by atoms with Gasteiger partial charge < -0.3 is 15.5 Å². The van der Waals surface area contributed by atoms with Gasteiger partial charge in [0.2, 0.25) is 5.91 Å². The molecule has 1 unspecified atom stereocenters. The molecule has 2 aromatic carbocycles. The summed E-state index contributed by atoms with van der Waals surface area (Å²) in [6.07, 6.45) is 0. The van der Waals surface area contributed by atoms with Crippen LogP contribution >= 0.6 is 0 Å². The molecular weight excluding hydrogens is 326 g/mol. The van der Waals surface area contributed by atoms with E-state index in [1.54, 1.807) is 12.1 Å². The molecule has 1 heterocycles. The van der Waals surface area contributed by atoms with Crippen molar-refractivity contribution < 1.29 is 9.59 Å². The van der Waals surface area contributed by atoms with E-state index in [0.29, 0.717) is 17.8 Å². The number of benzene rings is 2. The van der Waals surface area contributed by atoms with Crippen LogP contribution in [0.1, 0.15) is 42.7 Å². The van der Waals surface area contributed by atoms with Gasteiger partial charge in [0.25, 0.3) is 5.91 Å². The van der Waals surface area contributed by atoms with E-state index >= 15 is 0 Å². The Bertz CT molecular complexity index is 825. The van der Waals surface area contributed by atoms with Crippen molar-refractivity contribution in [3.63, 3.8) is 0 Å². The lowest BCUT2D eigenvalue weighted by atomic mass is 9.82. The monoisotopic (exact) mass is 351 g/mol. The first kappa shape index (κ1) is 18.0. The zero-order chi connectivity index (χ0) is 18.9. The Morgan fingerprint density at radius 1 is 1.15 bits per heavy atom. The molecule has 0 bridgehead atoms. The van der Waals surface area contributed by atoms with Gasteiger partial charge in [-0.1, -0.05) is 51.1 Å². The van der Waals surface area contributed by atoms with Crippen molar-refractivity contribution in [2.75, 3.05) is 23.8 Å². The molecule has 0 aromatic heterocycles. The van der Waals surface area contributed by atoms with Crippen LogP contribution in [0.3, 0.4) is 0 Å². The smallest absolute Gasteiger partial charge is 0.251 e. The van der Waals surface area contributed by atoms with E-state index in [0.717, 1.165) is 11.3 Å². The van der Waals surface area contributed by atoms with E-state index in [4.69, 9.17) is 0 Å². The summed E-state index contributed by atoms with van der Waals surface area (Å²) in [6, 6.07) is 15.3. The lowest BCUT2D eigenvalue weighted by Crippen LogP contribution is -2.37. The summed E-state index contributed by atoms with van der Waals surface area (Å²) in [7, 11) is 1.86. The van der Waals surface area contributed by atoms with Crippen LogP contribution in [0.4, 0.5) is 11.4 Å². The number of carbonyl (C=O) groups excluding carboxylic acids is 2. The average Bonchev–Trinajstić information content (AvgIpc) is 2.58. The number of fused-ring (bicyclic) bond motifs is 1. The van der Waals surface area contributed by atoms with Gasteiger partial charge in [0.15, 0.2) is 0 Å². The molecule has 136 valence electrons. The third kappa shape index (κ3) is 3.72. The molecule has 1 aliphatic heterocycles. The Kier molecular flexibility index (Phi) is 4.72. The number of amides is 2. The minimum atomic E-state index is -0.154. The number of likely N-dealkylation sites (N-methyl/N-ethyl adjacent to an activating group) is 1. The molecule has 2 aromatic rings. The minimum Gasteiger partial charge on any atom is -0.364 e. The Hall–Kier alpha value is -2.82. The molecule has 0 saturated heterocycles. The molecule has 5 heteroatoms. The highest BCUT2D eigenvalue weighted by Gasteiger charge is 2.28. The SMILES string of the molecule is CN1CC(=O)Nc2cc(C(=O)NC(c3ccccc3)C(C)(C)C)ccc21. The number of hydrogen-bond donors (Lipinski definition) is 2. The van der Waals surface area contributed by atoms with Gasteiger partial charge in [0.05, 0.1) is 24.0 Å². The fourth-order valence-electron chi connectivity index (χ4n) is 3.26. The molecule has 5 nitrogen and oxygen atoms in total. The van der Waals surface area contributed by atoms with Gasteiger partial charge in [-0.2, -0.15) is 0 Å². The number of rotatable bonds is 3. The zero-order valence-electron chi connectivity index (χ0n) is 15.7. The van der Waals surface area contributed by atoms with Crippen molar-refractivity contribution in [3.8, 4) is 0 Å². The molecule has 0 saturated carbocycles. The third-order valence-electron chi connectivity index (χ3n) is 4.60. The standard InChI is InChI=1S/C21H25N3O2/c1-21(2,3)19(14-8-6-5-7-9-14)23-20(26)15-10-11-17-16(12-15)22-18(25)13-24(17)4/h5-12,19H,13H2,1-4H3,(H,22,25)(H,23,26). The number of nitrogens with one attached hydrogen (secondary N) is 2. The molecule has 3 rings (SSSR count). The lowest BCUT2D eigenvalue weighted by molar-refractivity contribution is -0.115. The van der Waals surface area contributed by atoms with Crippen LogP contribution in [0.15, 0.2) is 48.5 Å². The normalized spacial score (nSPS) is 15.1. The van der Waals surface area contributed by atoms with Crippen LogP contribution in [-0.2, 0) is 4.79 Å². The average molecular weight is 351 g/mol. The maximum absolute atomic E-state index is 12.9. The number of hydrogen-bond acceptors (Lipinski definition) is 3. The Labute approximate surface area is 154 Å². The maximum Gasteiger partial charge on any atom is 0.251 e. The topological polar surface area (TPSA) is 61.4 Å². The van der Waals surface area contributed by atoms with Gasteiger partial charge in [-0.3, -0.25) is 9.59 Å². The quantitative estimate of drug-likeness (QED) is 0.888. The van der Waals surface area contributed by atoms with E-state index in [1.807, 2.05) is 48.3 Å². The molecule has 0 aliphatic carbocycles. The molecular formula is C21H25N3O2. The molecule has 1 atom stereocenters. The first-order chi connectivity index (χ1) is 12.3. The summed E-state index contributed by atoms with van der Waals surface area (Å²) >= 11 is 0. The second kappa shape index (κ2) is 6.83. The summed E-state index contributed by atoms with van der Waals surface area (Å²) in [5.41, 5.74) is 3.04. The van der Waals surface area contributed by atoms with Crippen molar-refractivity contribution in [2.24, 2.45) is 5.41 Å². The number of anilines is 2. The second-order valence-electron chi connectivity index (χ2n) is 7.82. The summed E-state index contributed by atoms with van der Waals surface area (Å²) in [4.78, 5) is 26.5. The van der Waals surface area contributed by atoms with Crippen LogP contribution in [0, 0.1) is 5.41 Å². The Morgan fingerprint density at radius 2 is 1.85 bits per heavy atom. The summed E-state index contributed by atoms with van der Waals surface area (Å²) in [5.74, 6) is -0.228. The predicted molar refractivity (Wildman–Crippen MR) is 104 cm³/mol. The number of nitrogens with zero attached hydrogens (tertiary/aromatic N) is 1. The molecule has 0 radical (unpaired) electrons. The van der Waals surface area contributed by atoms with E-state index < -0.39 is 0 Å². The van der Waals surface area contributed by atoms with Crippen molar-refractivity contribution >= 4 is 23.2 Å². The van der Waals surface area contributed by atoms with E-state index in [2.05, 4.69) is 31.4 Å². The first-order valence-corrected chi connectivity index (χ1v) is 8.76. The fourth-order valence-corrected chi connectivity index (χ4v) is 3.26. The van der Waals surface area contributed by atoms with E-state index in [1.165, 1.54) is 0 Å². The lowest BCUT2D eigenvalue weighted by Gasteiger charge is -2.32. The van der Waals surface area contributed by atoms with Crippen LogP contribution in [0.5, 0.6) is 0 Å². The van der Waals surface area contributed by atoms with Crippen LogP contribution in [0.25, 0.3) is 0 Å².